The molecule has 0 bridgehead atoms. The molecule has 0 aromatic heterocycles. The van der Waals surface area contributed by atoms with Crippen LogP contribution in [0.4, 0.5) is 0 Å². The highest BCUT2D eigenvalue weighted by atomic mass is 28.4. The van der Waals surface area contributed by atoms with Gasteiger partial charge in [0.25, 0.3) is 0 Å². The molecule has 0 radical (unpaired) electrons. The monoisotopic (exact) mass is 264 g/mol. The Morgan fingerprint density at radius 1 is 1.33 bits per heavy atom. The molecule has 0 saturated carbocycles. The van der Waals surface area contributed by atoms with Gasteiger partial charge in [-0.1, -0.05) is 39.0 Å². The third kappa shape index (κ3) is 3.46. The lowest BCUT2D eigenvalue weighted by Crippen LogP contribution is -2.43. The average molecular weight is 264 g/mol. The van der Waals surface area contributed by atoms with Crippen molar-refractivity contribution in [2.75, 3.05) is 0 Å². The molecule has 0 spiro atoms. The van der Waals surface area contributed by atoms with Crippen molar-refractivity contribution in [3.63, 3.8) is 0 Å². The predicted octanol–water partition coefficient (Wildman–Crippen LogP) is 4.29. The highest BCUT2D eigenvalue weighted by Gasteiger charge is 2.38. The second kappa shape index (κ2) is 5.29. The van der Waals surface area contributed by atoms with Crippen LogP contribution < -0.4 is 4.43 Å². The molecule has 1 N–H and O–H groups in total. The molecule has 0 aliphatic rings. The van der Waals surface area contributed by atoms with Crippen molar-refractivity contribution >= 4 is 8.32 Å². The van der Waals surface area contributed by atoms with Gasteiger partial charge in [0.05, 0.1) is 6.10 Å². The van der Waals surface area contributed by atoms with Gasteiger partial charge in [0.15, 0.2) is 0 Å². The van der Waals surface area contributed by atoms with Gasteiger partial charge in [-0.3, -0.25) is 0 Å². The van der Waals surface area contributed by atoms with Gasteiger partial charge < -0.3 is 9.53 Å². The SMILES string of the molecule is C=C[C@H](O)c1cccc(O[Si](C)(C)C(C)(C)C)c1. The topological polar surface area (TPSA) is 29.5 Å². The van der Waals surface area contributed by atoms with E-state index in [1.807, 2.05) is 24.3 Å². The second-order valence-electron chi connectivity index (χ2n) is 6.12. The maximum atomic E-state index is 9.75. The van der Waals surface area contributed by atoms with E-state index in [4.69, 9.17) is 4.43 Å². The van der Waals surface area contributed by atoms with Gasteiger partial charge in [-0.15, -0.1) is 6.58 Å². The lowest BCUT2D eigenvalue weighted by atomic mass is 10.1. The van der Waals surface area contributed by atoms with Crippen LogP contribution >= 0.6 is 0 Å². The highest BCUT2D eigenvalue weighted by Crippen LogP contribution is 2.37. The van der Waals surface area contributed by atoms with Crippen LogP contribution in [0, 0.1) is 0 Å². The average Bonchev–Trinajstić information content (AvgIpc) is 2.26. The smallest absolute Gasteiger partial charge is 0.250 e. The van der Waals surface area contributed by atoms with Crippen LogP contribution in [0.5, 0.6) is 5.75 Å². The Kier molecular flexibility index (Phi) is 4.40. The maximum Gasteiger partial charge on any atom is 0.250 e. The number of benzene rings is 1. The zero-order valence-electron chi connectivity index (χ0n) is 12.0. The maximum absolute atomic E-state index is 9.75. The molecule has 2 nitrogen and oxygen atoms in total. The summed E-state index contributed by atoms with van der Waals surface area (Å²) < 4.78 is 6.20. The van der Waals surface area contributed by atoms with E-state index < -0.39 is 14.4 Å². The number of hydrogen-bond donors (Lipinski definition) is 1. The van der Waals surface area contributed by atoms with Crippen LogP contribution in [0.2, 0.25) is 18.1 Å². The van der Waals surface area contributed by atoms with Gasteiger partial charge in [0, 0.05) is 0 Å². The molecule has 1 aromatic carbocycles. The molecule has 0 amide bonds. The summed E-state index contributed by atoms with van der Waals surface area (Å²) in [6.45, 7) is 14.7. The minimum Gasteiger partial charge on any atom is -0.543 e. The van der Waals surface area contributed by atoms with Crippen LogP contribution in [0.25, 0.3) is 0 Å². The number of hydrogen-bond acceptors (Lipinski definition) is 2. The van der Waals surface area contributed by atoms with Crippen molar-refractivity contribution < 1.29 is 9.53 Å². The van der Waals surface area contributed by atoms with E-state index in [1.165, 1.54) is 6.08 Å². The fourth-order valence-electron chi connectivity index (χ4n) is 1.35. The molecule has 1 atom stereocenters. The lowest BCUT2D eigenvalue weighted by molar-refractivity contribution is 0.229. The van der Waals surface area contributed by atoms with Crippen LogP contribution in [0.3, 0.4) is 0 Å². The fraction of sp³-hybridized carbons (Fsp3) is 0.467. The summed E-state index contributed by atoms with van der Waals surface area (Å²) in [6.07, 6.45) is 0.888. The Balaban J connectivity index is 2.96. The minimum absolute atomic E-state index is 0.167. The predicted molar refractivity (Wildman–Crippen MR) is 79.4 cm³/mol. The van der Waals surface area contributed by atoms with Crippen LogP contribution in [0.15, 0.2) is 36.9 Å². The van der Waals surface area contributed by atoms with E-state index in [-0.39, 0.29) is 5.04 Å². The third-order valence-corrected chi connectivity index (χ3v) is 7.96. The number of rotatable bonds is 4. The van der Waals surface area contributed by atoms with Gasteiger partial charge in [0.2, 0.25) is 8.32 Å². The summed E-state index contributed by atoms with van der Waals surface area (Å²) in [5.41, 5.74) is 0.821. The standard InChI is InChI=1S/C15H24O2Si/c1-7-14(16)12-9-8-10-13(11-12)17-18(5,6)15(2,3)4/h7-11,14,16H,1H2,2-6H3/t14-/m0/s1. The van der Waals surface area contributed by atoms with Crippen LogP contribution in [-0.2, 0) is 0 Å². The van der Waals surface area contributed by atoms with Crippen molar-refractivity contribution in [2.45, 2.75) is 45.0 Å². The Morgan fingerprint density at radius 2 is 1.94 bits per heavy atom. The quantitative estimate of drug-likeness (QED) is 0.649. The first-order valence-corrected chi connectivity index (χ1v) is 9.18. The van der Waals surface area contributed by atoms with Crippen molar-refractivity contribution in [3.05, 3.63) is 42.5 Å². The van der Waals surface area contributed by atoms with E-state index in [0.717, 1.165) is 11.3 Å². The molecule has 0 unspecified atom stereocenters. The molecule has 100 valence electrons. The molecule has 0 fully saturated rings. The van der Waals surface area contributed by atoms with Crippen LogP contribution in [-0.4, -0.2) is 13.4 Å². The van der Waals surface area contributed by atoms with Crippen molar-refractivity contribution in [2.24, 2.45) is 0 Å². The second-order valence-corrected chi connectivity index (χ2v) is 10.8. The Morgan fingerprint density at radius 3 is 2.44 bits per heavy atom. The molecule has 1 rings (SSSR count). The van der Waals surface area contributed by atoms with E-state index >= 15 is 0 Å². The highest BCUT2D eigenvalue weighted by molar-refractivity contribution is 6.74. The lowest BCUT2D eigenvalue weighted by Gasteiger charge is -2.36. The van der Waals surface area contributed by atoms with Crippen molar-refractivity contribution in [1.29, 1.82) is 0 Å². The molecular formula is C15H24O2Si. The van der Waals surface area contributed by atoms with E-state index in [1.54, 1.807) is 0 Å². The minimum atomic E-state index is -1.82. The molecule has 1 aromatic rings. The van der Waals surface area contributed by atoms with Gasteiger partial charge in [-0.2, -0.15) is 0 Å². The molecule has 0 aliphatic heterocycles. The van der Waals surface area contributed by atoms with Gasteiger partial charge >= 0.3 is 0 Å². The molecule has 0 saturated heterocycles. The normalized spacial score (nSPS) is 14.1. The summed E-state index contributed by atoms with van der Waals surface area (Å²) >= 11 is 0. The summed E-state index contributed by atoms with van der Waals surface area (Å²) in [5, 5.41) is 9.92. The van der Waals surface area contributed by atoms with Gasteiger partial charge in [-0.25, -0.2) is 0 Å². The zero-order valence-corrected chi connectivity index (χ0v) is 13.0. The molecule has 0 heterocycles. The summed E-state index contributed by atoms with van der Waals surface area (Å²) in [5.74, 6) is 0.833. The molecule has 0 aliphatic carbocycles. The van der Waals surface area contributed by atoms with Gasteiger partial charge in [0.1, 0.15) is 5.75 Å². The number of aliphatic hydroxyl groups excluding tert-OH is 1. The zero-order chi connectivity index (χ0) is 14.0. The number of aliphatic hydroxyl groups is 1. The van der Waals surface area contributed by atoms with E-state index in [9.17, 15) is 5.11 Å². The Hall–Kier alpha value is -1.06. The van der Waals surface area contributed by atoms with Gasteiger partial charge in [-0.05, 0) is 35.8 Å². The Labute approximate surface area is 111 Å². The first kappa shape index (κ1) is 15.0. The summed E-state index contributed by atoms with van der Waals surface area (Å²) in [7, 11) is -1.82. The fourth-order valence-corrected chi connectivity index (χ4v) is 2.37. The summed E-state index contributed by atoms with van der Waals surface area (Å²) in [6, 6.07) is 7.63. The van der Waals surface area contributed by atoms with Crippen LogP contribution in [0.1, 0.15) is 32.4 Å². The first-order valence-electron chi connectivity index (χ1n) is 6.27. The summed E-state index contributed by atoms with van der Waals surface area (Å²) in [4.78, 5) is 0. The third-order valence-electron chi connectivity index (χ3n) is 3.60. The molecular weight excluding hydrogens is 240 g/mol. The Bertz CT molecular complexity index is 419. The van der Waals surface area contributed by atoms with E-state index in [0.29, 0.717) is 0 Å². The first-order chi connectivity index (χ1) is 8.17. The largest absolute Gasteiger partial charge is 0.543 e. The van der Waals surface area contributed by atoms with Crippen molar-refractivity contribution in [3.8, 4) is 5.75 Å². The van der Waals surface area contributed by atoms with E-state index in [2.05, 4.69) is 40.4 Å². The molecule has 18 heavy (non-hydrogen) atoms. The van der Waals surface area contributed by atoms with Crippen molar-refractivity contribution in [1.82, 2.24) is 0 Å². The molecule has 3 heteroatoms.